The molecule has 176 valence electrons. The molecule has 1 saturated heterocycles. The molecule has 2 heterocycles. The van der Waals surface area contributed by atoms with E-state index in [-0.39, 0.29) is 35.5 Å². The first-order valence-corrected chi connectivity index (χ1v) is 12.8. The summed E-state index contributed by atoms with van der Waals surface area (Å²) in [6.07, 6.45) is 7.20. The van der Waals surface area contributed by atoms with E-state index in [9.17, 15) is 9.59 Å². The van der Waals surface area contributed by atoms with Crippen LogP contribution in [0.3, 0.4) is 0 Å². The lowest BCUT2D eigenvalue weighted by Crippen LogP contribution is -2.40. The Morgan fingerprint density at radius 2 is 1.66 bits per heavy atom. The Labute approximate surface area is 213 Å². The van der Waals surface area contributed by atoms with Gasteiger partial charge in [0.1, 0.15) is 0 Å². The molecule has 0 radical (unpaired) electrons. The van der Waals surface area contributed by atoms with Crippen molar-refractivity contribution in [3.8, 4) is 0 Å². The molecule has 2 saturated carbocycles. The molecular formula is C28H23Cl2N3O2. The molecule has 5 nitrogen and oxygen atoms in total. The van der Waals surface area contributed by atoms with Gasteiger partial charge in [0.25, 0.3) is 11.8 Å². The summed E-state index contributed by atoms with van der Waals surface area (Å²) in [6.45, 7) is 2.64. The van der Waals surface area contributed by atoms with Crippen LogP contribution in [0.4, 0.5) is 0 Å². The van der Waals surface area contributed by atoms with Crippen LogP contribution in [-0.2, 0) is 16.1 Å². The van der Waals surface area contributed by atoms with Crippen molar-refractivity contribution in [3.05, 3.63) is 81.5 Å². The van der Waals surface area contributed by atoms with Crippen LogP contribution in [0, 0.1) is 42.4 Å². The number of hydrogen-bond donors (Lipinski definition) is 0. The number of para-hydroxylation sites is 1. The fourth-order valence-corrected chi connectivity index (χ4v) is 7.14. The van der Waals surface area contributed by atoms with E-state index >= 15 is 0 Å². The van der Waals surface area contributed by atoms with Gasteiger partial charge in [0.2, 0.25) is 0 Å². The Kier molecular flexibility index (Phi) is 4.62. The second-order valence-electron chi connectivity index (χ2n) is 10.2. The molecule has 7 heteroatoms. The number of hydrazone groups is 1. The zero-order valence-corrected chi connectivity index (χ0v) is 20.6. The molecule has 4 aliphatic carbocycles. The van der Waals surface area contributed by atoms with E-state index in [0.717, 1.165) is 39.2 Å². The van der Waals surface area contributed by atoms with Gasteiger partial charge in [-0.25, -0.2) is 0 Å². The first-order chi connectivity index (χ1) is 16.9. The molecule has 2 amide bonds. The van der Waals surface area contributed by atoms with E-state index in [1.807, 2.05) is 37.3 Å². The average Bonchev–Trinajstić information content (AvgIpc) is 3.60. The second-order valence-corrected chi connectivity index (χ2v) is 11.1. The first kappa shape index (κ1) is 21.4. The molecule has 6 unspecified atom stereocenters. The van der Waals surface area contributed by atoms with Gasteiger partial charge in [0.15, 0.2) is 0 Å². The summed E-state index contributed by atoms with van der Waals surface area (Å²) in [5, 5.41) is 7.72. The third kappa shape index (κ3) is 3.04. The number of halogens is 2. The lowest BCUT2D eigenvalue weighted by Gasteiger charge is -2.37. The van der Waals surface area contributed by atoms with Crippen molar-refractivity contribution >= 4 is 52.1 Å². The molecule has 1 aliphatic heterocycles. The van der Waals surface area contributed by atoms with Gasteiger partial charge in [0, 0.05) is 28.7 Å². The summed E-state index contributed by atoms with van der Waals surface area (Å²) in [5.74, 6) is 0.785. The summed E-state index contributed by atoms with van der Waals surface area (Å²) in [7, 11) is 0. The van der Waals surface area contributed by atoms with E-state index in [0.29, 0.717) is 28.4 Å². The van der Waals surface area contributed by atoms with Crippen molar-refractivity contribution < 1.29 is 9.59 Å². The Morgan fingerprint density at radius 3 is 2.34 bits per heavy atom. The van der Waals surface area contributed by atoms with Crippen LogP contribution in [0.1, 0.15) is 23.2 Å². The maximum Gasteiger partial charge on any atom is 0.254 e. The minimum absolute atomic E-state index is 0.141. The smallest absolute Gasteiger partial charge is 0.254 e. The zero-order valence-electron chi connectivity index (χ0n) is 19.1. The number of amides is 2. The highest BCUT2D eigenvalue weighted by Gasteiger charge is 2.67. The van der Waals surface area contributed by atoms with Gasteiger partial charge >= 0.3 is 0 Å². The fraction of sp³-hybridized carbons (Fsp3) is 0.321. The third-order valence-electron chi connectivity index (χ3n) is 8.55. The number of carbonyl (C=O) groups excluding carboxylic acids is 2. The SMILES string of the molecule is Cc1c(/C=N/N2C(=O)C3C4C=CC(C5CC45)C3C2=O)c2ccccc2n1Cc1ccc(Cl)c(Cl)c1. The highest BCUT2D eigenvalue weighted by molar-refractivity contribution is 6.42. The van der Waals surface area contributed by atoms with E-state index in [1.54, 1.807) is 12.3 Å². The number of allylic oxidation sites excluding steroid dienone is 2. The van der Waals surface area contributed by atoms with Crippen molar-refractivity contribution in [3.63, 3.8) is 0 Å². The van der Waals surface area contributed by atoms with Crippen LogP contribution in [0.5, 0.6) is 0 Å². The van der Waals surface area contributed by atoms with Crippen LogP contribution >= 0.6 is 23.2 Å². The van der Waals surface area contributed by atoms with E-state index in [4.69, 9.17) is 23.2 Å². The first-order valence-electron chi connectivity index (χ1n) is 12.1. The van der Waals surface area contributed by atoms with Crippen LogP contribution in [0.2, 0.25) is 10.0 Å². The van der Waals surface area contributed by atoms with Crippen LogP contribution < -0.4 is 0 Å². The molecule has 0 N–H and O–H groups in total. The number of imide groups is 1. The van der Waals surface area contributed by atoms with Crippen LogP contribution in [-0.4, -0.2) is 27.6 Å². The predicted molar refractivity (Wildman–Crippen MR) is 136 cm³/mol. The van der Waals surface area contributed by atoms with Crippen molar-refractivity contribution in [1.29, 1.82) is 0 Å². The van der Waals surface area contributed by atoms with Crippen LogP contribution in [0.25, 0.3) is 10.9 Å². The van der Waals surface area contributed by atoms with Crippen molar-refractivity contribution in [2.45, 2.75) is 19.9 Å². The number of carbonyl (C=O) groups is 2. The summed E-state index contributed by atoms with van der Waals surface area (Å²) in [6, 6.07) is 13.7. The minimum Gasteiger partial charge on any atom is -0.340 e. The number of nitrogens with zero attached hydrogens (tertiary/aromatic N) is 3. The molecule has 2 bridgehead atoms. The molecule has 2 aromatic carbocycles. The maximum atomic E-state index is 13.3. The van der Waals surface area contributed by atoms with E-state index in [2.05, 4.69) is 27.9 Å². The van der Waals surface area contributed by atoms with Gasteiger partial charge in [-0.2, -0.15) is 10.1 Å². The lowest BCUT2D eigenvalue weighted by molar-refractivity contribution is -0.140. The quantitative estimate of drug-likeness (QED) is 0.260. The molecule has 1 aromatic heterocycles. The van der Waals surface area contributed by atoms with Crippen molar-refractivity contribution in [1.82, 2.24) is 9.58 Å². The molecule has 35 heavy (non-hydrogen) atoms. The topological polar surface area (TPSA) is 54.7 Å². The highest BCUT2D eigenvalue weighted by Crippen LogP contribution is 2.65. The zero-order chi connectivity index (χ0) is 24.0. The van der Waals surface area contributed by atoms with Crippen molar-refractivity contribution in [2.75, 3.05) is 0 Å². The second kappa shape index (κ2) is 7.55. The van der Waals surface area contributed by atoms with Crippen LogP contribution in [0.15, 0.2) is 59.7 Å². The van der Waals surface area contributed by atoms with Gasteiger partial charge in [-0.1, -0.05) is 59.6 Å². The summed E-state index contributed by atoms with van der Waals surface area (Å²) in [4.78, 5) is 26.6. The monoisotopic (exact) mass is 503 g/mol. The normalized spacial score (nSPS) is 30.5. The largest absolute Gasteiger partial charge is 0.340 e. The third-order valence-corrected chi connectivity index (χ3v) is 9.29. The van der Waals surface area contributed by atoms with Gasteiger partial charge in [-0.3, -0.25) is 9.59 Å². The number of aromatic nitrogens is 1. The van der Waals surface area contributed by atoms with Gasteiger partial charge in [-0.15, -0.1) is 0 Å². The predicted octanol–water partition coefficient (Wildman–Crippen LogP) is 5.69. The van der Waals surface area contributed by atoms with Gasteiger partial charge in [-0.05, 0) is 60.8 Å². The Bertz CT molecular complexity index is 1450. The number of rotatable bonds is 4. The van der Waals surface area contributed by atoms with Gasteiger partial charge < -0.3 is 4.57 Å². The number of benzene rings is 2. The Balaban J connectivity index is 1.24. The Morgan fingerprint density at radius 1 is 0.971 bits per heavy atom. The molecule has 5 aliphatic rings. The molecule has 3 fully saturated rings. The van der Waals surface area contributed by atoms with Gasteiger partial charge in [0.05, 0.1) is 28.1 Å². The number of fused-ring (bicyclic) bond motifs is 1. The minimum atomic E-state index is -0.240. The summed E-state index contributed by atoms with van der Waals surface area (Å²) < 4.78 is 2.20. The molecule has 6 atom stereocenters. The fourth-order valence-electron chi connectivity index (χ4n) is 6.82. The van der Waals surface area contributed by atoms with E-state index in [1.165, 1.54) is 0 Å². The molecular weight excluding hydrogens is 481 g/mol. The summed E-state index contributed by atoms with van der Waals surface area (Å²) >= 11 is 12.3. The highest BCUT2D eigenvalue weighted by atomic mass is 35.5. The lowest BCUT2D eigenvalue weighted by atomic mass is 9.63. The molecule has 0 spiro atoms. The number of hydrogen-bond acceptors (Lipinski definition) is 3. The van der Waals surface area contributed by atoms with E-state index < -0.39 is 0 Å². The average molecular weight is 504 g/mol. The van der Waals surface area contributed by atoms with Crippen molar-refractivity contribution in [2.24, 2.45) is 40.6 Å². The summed E-state index contributed by atoms with van der Waals surface area (Å²) in [5.41, 5.74) is 3.98. The standard InChI is InChI=1S/C28H23Cl2N3O2/c1-14-21(16-4-2-3-5-24(16)32(14)13-15-6-9-22(29)23(30)10-15)12-31-33-27(34)25-17-7-8-18(20-11-19(17)20)26(25)28(33)35/h2-10,12,17-20,25-26H,11,13H2,1H3/b31-12+. The molecule has 3 aromatic rings. The molecule has 8 rings (SSSR count). The Hall–Kier alpha value is -2.89. The maximum absolute atomic E-state index is 13.3.